The van der Waals surface area contributed by atoms with Gasteiger partial charge < -0.3 is 5.11 Å². The van der Waals surface area contributed by atoms with Gasteiger partial charge in [-0.1, -0.05) is 0 Å². The topological polar surface area (TPSA) is 47.3 Å². The van der Waals surface area contributed by atoms with E-state index in [0.29, 0.717) is 0 Å². The van der Waals surface area contributed by atoms with E-state index in [1.54, 1.807) is 0 Å². The Morgan fingerprint density at radius 1 is 1.58 bits per heavy atom. The maximum atomic E-state index is 9.34. The second kappa shape index (κ2) is 2.72. The quantitative estimate of drug-likeness (QED) is 0.611. The highest BCUT2D eigenvalue weighted by atomic mass is 16.3. The molecule has 12 heavy (non-hydrogen) atoms. The molecule has 2 fully saturated rings. The molecule has 0 aliphatic carbocycles. The van der Waals surface area contributed by atoms with Crippen LogP contribution >= 0.6 is 0 Å². The van der Waals surface area contributed by atoms with Gasteiger partial charge in [-0.05, 0) is 25.8 Å². The third-order valence-corrected chi connectivity index (χ3v) is 3.43. The highest BCUT2D eigenvalue weighted by molar-refractivity contribution is 5.12. The third kappa shape index (κ3) is 0.825. The van der Waals surface area contributed by atoms with Crippen LogP contribution in [0.3, 0.4) is 0 Å². The van der Waals surface area contributed by atoms with Crippen LogP contribution in [-0.4, -0.2) is 35.2 Å². The number of rotatable bonds is 1. The molecule has 0 saturated carbocycles. The summed E-state index contributed by atoms with van der Waals surface area (Å²) in [7, 11) is 0. The lowest BCUT2D eigenvalue weighted by Crippen LogP contribution is -2.45. The number of aliphatic hydroxyl groups is 1. The molecule has 2 heterocycles. The average Bonchev–Trinajstić information content (AvgIpc) is 2.60. The van der Waals surface area contributed by atoms with E-state index in [2.05, 4.69) is 11.0 Å². The van der Waals surface area contributed by atoms with E-state index in [4.69, 9.17) is 5.26 Å². The van der Waals surface area contributed by atoms with Crippen LogP contribution in [0.1, 0.15) is 19.3 Å². The molecular weight excluding hydrogens is 152 g/mol. The molecule has 0 spiro atoms. The number of fused-ring (bicyclic) bond motifs is 1. The van der Waals surface area contributed by atoms with E-state index in [1.807, 2.05) is 0 Å². The van der Waals surface area contributed by atoms with Crippen molar-refractivity contribution in [3.05, 3.63) is 0 Å². The van der Waals surface area contributed by atoms with Crippen molar-refractivity contribution in [3.8, 4) is 6.07 Å². The first-order valence-electron chi connectivity index (χ1n) is 4.59. The monoisotopic (exact) mass is 166 g/mol. The van der Waals surface area contributed by atoms with Gasteiger partial charge in [-0.3, -0.25) is 4.90 Å². The van der Waals surface area contributed by atoms with Crippen molar-refractivity contribution < 1.29 is 5.11 Å². The van der Waals surface area contributed by atoms with Crippen LogP contribution in [0.5, 0.6) is 0 Å². The second-order valence-electron chi connectivity index (χ2n) is 3.82. The highest BCUT2D eigenvalue weighted by Crippen LogP contribution is 2.42. The van der Waals surface area contributed by atoms with Gasteiger partial charge in [0.05, 0.1) is 24.1 Å². The lowest BCUT2D eigenvalue weighted by atomic mass is 9.85. The smallest absolute Gasteiger partial charge is 0.0681 e. The maximum Gasteiger partial charge on any atom is 0.0681 e. The summed E-state index contributed by atoms with van der Waals surface area (Å²) in [5, 5.41) is 18.3. The SMILES string of the molecule is N#C[C@H]1CCN2CCC[C@@]12CO. The van der Waals surface area contributed by atoms with E-state index in [0.717, 1.165) is 32.4 Å². The van der Waals surface area contributed by atoms with E-state index in [1.165, 1.54) is 0 Å². The Labute approximate surface area is 72.6 Å². The first kappa shape index (κ1) is 8.03. The Kier molecular flexibility index (Phi) is 1.82. The molecule has 2 rings (SSSR count). The van der Waals surface area contributed by atoms with Crippen molar-refractivity contribution in [3.63, 3.8) is 0 Å². The summed E-state index contributed by atoms with van der Waals surface area (Å²) in [6.45, 7) is 2.22. The summed E-state index contributed by atoms with van der Waals surface area (Å²) in [5.74, 6) is 0.0602. The van der Waals surface area contributed by atoms with Gasteiger partial charge in [-0.15, -0.1) is 0 Å². The molecule has 3 heteroatoms. The minimum absolute atomic E-state index is 0.0602. The molecule has 66 valence electrons. The van der Waals surface area contributed by atoms with Crippen molar-refractivity contribution in [1.29, 1.82) is 5.26 Å². The summed E-state index contributed by atoms with van der Waals surface area (Å²) >= 11 is 0. The van der Waals surface area contributed by atoms with Gasteiger partial charge in [-0.25, -0.2) is 0 Å². The van der Waals surface area contributed by atoms with Gasteiger partial charge in [-0.2, -0.15) is 5.26 Å². The van der Waals surface area contributed by atoms with Crippen LogP contribution in [-0.2, 0) is 0 Å². The molecule has 3 nitrogen and oxygen atoms in total. The number of nitriles is 1. The van der Waals surface area contributed by atoms with Crippen molar-refractivity contribution >= 4 is 0 Å². The van der Waals surface area contributed by atoms with Gasteiger partial charge in [0.1, 0.15) is 0 Å². The molecule has 0 bridgehead atoms. The average molecular weight is 166 g/mol. The standard InChI is InChI=1S/C9H14N2O/c10-6-8-2-5-11-4-1-3-9(8,11)7-12/h8,12H,1-5,7H2/t8-,9-/m1/s1. The largest absolute Gasteiger partial charge is 0.394 e. The summed E-state index contributed by atoms with van der Waals surface area (Å²) in [6, 6.07) is 2.33. The lowest BCUT2D eigenvalue weighted by Gasteiger charge is -2.32. The summed E-state index contributed by atoms with van der Waals surface area (Å²) in [4.78, 5) is 2.29. The van der Waals surface area contributed by atoms with E-state index in [-0.39, 0.29) is 18.1 Å². The fraction of sp³-hybridized carbons (Fsp3) is 0.889. The third-order valence-electron chi connectivity index (χ3n) is 3.43. The van der Waals surface area contributed by atoms with Crippen molar-refractivity contribution in [1.82, 2.24) is 4.90 Å². The molecular formula is C9H14N2O. The van der Waals surface area contributed by atoms with Crippen molar-refractivity contribution in [2.24, 2.45) is 5.92 Å². The molecule has 1 N–H and O–H groups in total. The van der Waals surface area contributed by atoms with Crippen LogP contribution in [0.15, 0.2) is 0 Å². The molecule has 0 unspecified atom stereocenters. The highest BCUT2D eigenvalue weighted by Gasteiger charge is 2.50. The van der Waals surface area contributed by atoms with E-state index in [9.17, 15) is 5.11 Å². The fourth-order valence-corrected chi connectivity index (χ4v) is 2.71. The molecule has 0 aromatic carbocycles. The molecule has 2 aliphatic rings. The first-order valence-corrected chi connectivity index (χ1v) is 4.59. The van der Waals surface area contributed by atoms with Crippen LogP contribution in [0.25, 0.3) is 0 Å². The molecule has 0 radical (unpaired) electrons. The number of hydrogen-bond acceptors (Lipinski definition) is 3. The zero-order valence-electron chi connectivity index (χ0n) is 7.16. The molecule has 0 aromatic rings. The van der Waals surface area contributed by atoms with Crippen LogP contribution in [0.4, 0.5) is 0 Å². The van der Waals surface area contributed by atoms with Gasteiger partial charge in [0.25, 0.3) is 0 Å². The second-order valence-corrected chi connectivity index (χ2v) is 3.82. The Morgan fingerprint density at radius 2 is 2.42 bits per heavy atom. The van der Waals surface area contributed by atoms with Crippen molar-refractivity contribution in [2.75, 3.05) is 19.7 Å². The first-order chi connectivity index (χ1) is 5.83. The number of hydrogen-bond donors (Lipinski definition) is 1. The van der Waals surface area contributed by atoms with E-state index >= 15 is 0 Å². The molecule has 2 saturated heterocycles. The fourth-order valence-electron chi connectivity index (χ4n) is 2.71. The number of nitrogens with zero attached hydrogens (tertiary/aromatic N) is 2. The van der Waals surface area contributed by atoms with Gasteiger partial charge in [0.15, 0.2) is 0 Å². The minimum atomic E-state index is -0.158. The van der Waals surface area contributed by atoms with Crippen LogP contribution < -0.4 is 0 Å². The molecule has 0 amide bonds. The van der Waals surface area contributed by atoms with Crippen LogP contribution in [0.2, 0.25) is 0 Å². The molecule has 0 aromatic heterocycles. The molecule has 2 atom stereocenters. The number of aliphatic hydroxyl groups excluding tert-OH is 1. The van der Waals surface area contributed by atoms with Gasteiger partial charge in [0.2, 0.25) is 0 Å². The summed E-state index contributed by atoms with van der Waals surface area (Å²) in [6.07, 6.45) is 3.08. The predicted molar refractivity (Wildman–Crippen MR) is 44.3 cm³/mol. The zero-order chi connectivity index (χ0) is 8.60. The Balaban J connectivity index is 2.26. The lowest BCUT2D eigenvalue weighted by molar-refractivity contribution is 0.0819. The van der Waals surface area contributed by atoms with Crippen molar-refractivity contribution in [2.45, 2.75) is 24.8 Å². The van der Waals surface area contributed by atoms with Gasteiger partial charge in [0, 0.05) is 6.54 Å². The predicted octanol–water partition coefficient (Wildman–Crippen LogP) is 0.357. The van der Waals surface area contributed by atoms with E-state index < -0.39 is 0 Å². The van der Waals surface area contributed by atoms with Crippen LogP contribution in [0, 0.1) is 17.2 Å². The normalized spacial score (nSPS) is 41.2. The Hall–Kier alpha value is -0.590. The Bertz CT molecular complexity index is 223. The van der Waals surface area contributed by atoms with Gasteiger partial charge >= 0.3 is 0 Å². The maximum absolute atomic E-state index is 9.34. The Morgan fingerprint density at radius 3 is 3.08 bits per heavy atom. The summed E-state index contributed by atoms with van der Waals surface area (Å²) < 4.78 is 0. The minimum Gasteiger partial charge on any atom is -0.394 e. The molecule has 2 aliphatic heterocycles. The summed E-state index contributed by atoms with van der Waals surface area (Å²) in [5.41, 5.74) is -0.158. The zero-order valence-corrected chi connectivity index (χ0v) is 7.16.